The number of benzene rings is 2. The van der Waals surface area contributed by atoms with Crippen molar-refractivity contribution in [2.75, 3.05) is 53.2 Å². The van der Waals surface area contributed by atoms with Crippen molar-refractivity contribution >= 4 is 18.0 Å². The number of carboxylic acids is 1. The number of likely N-dealkylation sites (N-methyl/N-ethyl adjacent to an activating group) is 1. The van der Waals surface area contributed by atoms with Gasteiger partial charge in [0, 0.05) is 39.1 Å². The van der Waals surface area contributed by atoms with Gasteiger partial charge in [-0.1, -0.05) is 48.5 Å². The maximum Gasteiger partial charge on any atom is 0.409 e. The molecule has 0 aliphatic heterocycles. The Morgan fingerprint density at radius 2 is 1.50 bits per heavy atom. The lowest BCUT2D eigenvalue weighted by Crippen LogP contribution is -2.32. The average Bonchev–Trinajstić information content (AvgIpc) is 3.20. The van der Waals surface area contributed by atoms with Crippen LogP contribution in [0.1, 0.15) is 36.3 Å². The Labute approximate surface area is 211 Å². The Kier molecular flexibility index (Phi) is 10.7. The predicted molar refractivity (Wildman–Crippen MR) is 134 cm³/mol. The summed E-state index contributed by atoms with van der Waals surface area (Å²) in [5, 5.41) is 11.2. The minimum Gasteiger partial charge on any atom is -0.481 e. The molecule has 0 heterocycles. The van der Waals surface area contributed by atoms with Crippen molar-refractivity contribution in [3.05, 3.63) is 59.7 Å². The van der Waals surface area contributed by atoms with Gasteiger partial charge in [0.15, 0.2) is 0 Å². The third kappa shape index (κ3) is 8.07. The zero-order chi connectivity index (χ0) is 25.8. The van der Waals surface area contributed by atoms with Crippen molar-refractivity contribution in [3.63, 3.8) is 0 Å². The minimum absolute atomic E-state index is 0.0193. The number of rotatable bonds is 15. The standard InChI is InChI=1S/C27H34N2O7/c1-29(14-16-35-18-17-34-15-6-13-28-25(30)11-12-26(31)32)27(33)36-19-24-22-9-4-2-7-20(22)21-8-3-5-10-23(21)24/h2-5,7-10,24H,6,11-19H2,1H3,(H,28,30)(H,31,32). The fraction of sp³-hybridized carbons (Fsp3) is 0.444. The summed E-state index contributed by atoms with van der Waals surface area (Å²) < 4.78 is 16.6. The van der Waals surface area contributed by atoms with Crippen LogP contribution < -0.4 is 5.32 Å². The third-order valence-corrected chi connectivity index (χ3v) is 5.94. The summed E-state index contributed by atoms with van der Waals surface area (Å²) in [7, 11) is 1.68. The monoisotopic (exact) mass is 498 g/mol. The summed E-state index contributed by atoms with van der Waals surface area (Å²) in [6, 6.07) is 16.5. The van der Waals surface area contributed by atoms with Crippen LogP contribution in [0.25, 0.3) is 11.1 Å². The number of carboxylic acid groups (broad SMARTS) is 1. The van der Waals surface area contributed by atoms with Gasteiger partial charge in [0.25, 0.3) is 0 Å². The molecule has 2 aromatic rings. The van der Waals surface area contributed by atoms with Crippen LogP contribution in [0, 0.1) is 0 Å². The van der Waals surface area contributed by atoms with E-state index in [1.165, 1.54) is 27.2 Å². The van der Waals surface area contributed by atoms with Crippen LogP contribution >= 0.6 is 0 Å². The van der Waals surface area contributed by atoms with Crippen molar-refractivity contribution in [3.8, 4) is 11.1 Å². The molecule has 0 aromatic heterocycles. The number of carbonyl (C=O) groups excluding carboxylic acids is 2. The number of hydrogen-bond acceptors (Lipinski definition) is 6. The number of hydrogen-bond donors (Lipinski definition) is 2. The lowest BCUT2D eigenvalue weighted by Gasteiger charge is -2.19. The molecule has 1 aliphatic rings. The third-order valence-electron chi connectivity index (χ3n) is 5.94. The molecule has 0 spiro atoms. The van der Waals surface area contributed by atoms with E-state index in [1.807, 2.05) is 24.3 Å². The van der Waals surface area contributed by atoms with Crippen molar-refractivity contribution < 1.29 is 33.7 Å². The van der Waals surface area contributed by atoms with Crippen LogP contribution in [0.15, 0.2) is 48.5 Å². The molecule has 0 unspecified atom stereocenters. The topological polar surface area (TPSA) is 114 Å². The van der Waals surface area contributed by atoms with E-state index in [-0.39, 0.29) is 37.4 Å². The SMILES string of the molecule is CN(CCOCCOCCCNC(=O)CCC(=O)O)C(=O)OCC1c2ccccc2-c2ccccc21. The minimum atomic E-state index is -0.988. The first-order valence-corrected chi connectivity index (χ1v) is 12.2. The van der Waals surface area contributed by atoms with Gasteiger partial charge in [-0.05, 0) is 28.7 Å². The van der Waals surface area contributed by atoms with E-state index in [0.717, 1.165) is 0 Å². The maximum atomic E-state index is 12.5. The highest BCUT2D eigenvalue weighted by molar-refractivity contribution is 5.80. The molecule has 2 amide bonds. The molecule has 36 heavy (non-hydrogen) atoms. The van der Waals surface area contributed by atoms with Crippen LogP contribution in [-0.2, 0) is 23.8 Å². The Hall–Kier alpha value is -3.43. The van der Waals surface area contributed by atoms with Crippen LogP contribution in [0.4, 0.5) is 4.79 Å². The van der Waals surface area contributed by atoms with Gasteiger partial charge in [0.2, 0.25) is 5.91 Å². The summed E-state index contributed by atoms with van der Waals surface area (Å²) >= 11 is 0. The number of ether oxygens (including phenoxy) is 3. The Morgan fingerprint density at radius 3 is 2.14 bits per heavy atom. The molecule has 9 nitrogen and oxygen atoms in total. The van der Waals surface area contributed by atoms with E-state index >= 15 is 0 Å². The largest absolute Gasteiger partial charge is 0.481 e. The van der Waals surface area contributed by atoms with Crippen molar-refractivity contribution in [1.82, 2.24) is 10.2 Å². The maximum absolute atomic E-state index is 12.5. The fourth-order valence-corrected chi connectivity index (χ4v) is 4.03. The highest BCUT2D eigenvalue weighted by Crippen LogP contribution is 2.44. The van der Waals surface area contributed by atoms with Gasteiger partial charge < -0.3 is 29.5 Å². The van der Waals surface area contributed by atoms with Crippen molar-refractivity contribution in [2.45, 2.75) is 25.2 Å². The van der Waals surface area contributed by atoms with Gasteiger partial charge >= 0.3 is 12.1 Å². The molecule has 0 atom stereocenters. The molecule has 0 fully saturated rings. The van der Waals surface area contributed by atoms with E-state index in [1.54, 1.807) is 7.05 Å². The number of carbonyl (C=O) groups is 3. The highest BCUT2D eigenvalue weighted by atomic mass is 16.6. The smallest absolute Gasteiger partial charge is 0.409 e. The molecule has 194 valence electrons. The summed E-state index contributed by atoms with van der Waals surface area (Å²) in [5.74, 6) is -1.24. The second-order valence-corrected chi connectivity index (χ2v) is 8.55. The van der Waals surface area contributed by atoms with E-state index in [9.17, 15) is 14.4 Å². The Morgan fingerprint density at radius 1 is 0.889 bits per heavy atom. The average molecular weight is 499 g/mol. The van der Waals surface area contributed by atoms with Crippen LogP contribution in [-0.4, -0.2) is 81.1 Å². The first-order valence-electron chi connectivity index (χ1n) is 12.2. The zero-order valence-corrected chi connectivity index (χ0v) is 20.6. The summed E-state index contributed by atoms with van der Waals surface area (Å²) in [6.07, 6.45) is 0.0516. The lowest BCUT2D eigenvalue weighted by molar-refractivity contribution is -0.138. The predicted octanol–water partition coefficient (Wildman–Crippen LogP) is 3.27. The molecule has 0 radical (unpaired) electrons. The van der Waals surface area contributed by atoms with Gasteiger partial charge in [-0.15, -0.1) is 0 Å². The van der Waals surface area contributed by atoms with E-state index in [4.69, 9.17) is 19.3 Å². The fourth-order valence-electron chi connectivity index (χ4n) is 4.03. The first kappa shape index (κ1) is 27.2. The van der Waals surface area contributed by atoms with E-state index < -0.39 is 5.97 Å². The molecule has 9 heteroatoms. The van der Waals surface area contributed by atoms with Gasteiger partial charge in [0.05, 0.1) is 26.2 Å². The molecular weight excluding hydrogens is 464 g/mol. The quantitative estimate of drug-likeness (QED) is 0.362. The summed E-state index contributed by atoms with van der Waals surface area (Å²) in [5.41, 5.74) is 4.74. The number of fused-ring (bicyclic) bond motifs is 3. The molecule has 2 aromatic carbocycles. The lowest BCUT2D eigenvalue weighted by atomic mass is 9.98. The number of aliphatic carboxylic acids is 1. The van der Waals surface area contributed by atoms with Gasteiger partial charge in [-0.3, -0.25) is 9.59 Å². The molecular formula is C27H34N2O7. The van der Waals surface area contributed by atoms with Gasteiger partial charge in [-0.2, -0.15) is 0 Å². The number of nitrogens with zero attached hydrogens (tertiary/aromatic N) is 1. The normalized spacial score (nSPS) is 12.0. The molecule has 0 bridgehead atoms. The highest BCUT2D eigenvalue weighted by Gasteiger charge is 2.29. The van der Waals surface area contributed by atoms with Crippen LogP contribution in [0.3, 0.4) is 0 Å². The first-order chi connectivity index (χ1) is 17.5. The second kappa shape index (κ2) is 14.2. The summed E-state index contributed by atoms with van der Waals surface area (Å²) in [6.45, 7) is 2.74. The zero-order valence-electron chi connectivity index (χ0n) is 20.6. The van der Waals surface area contributed by atoms with Gasteiger partial charge in [-0.25, -0.2) is 4.79 Å². The van der Waals surface area contributed by atoms with E-state index in [2.05, 4.69) is 29.6 Å². The molecule has 3 rings (SSSR count). The van der Waals surface area contributed by atoms with Crippen molar-refractivity contribution in [2.24, 2.45) is 0 Å². The Bertz CT molecular complexity index is 981. The van der Waals surface area contributed by atoms with Gasteiger partial charge in [0.1, 0.15) is 6.61 Å². The van der Waals surface area contributed by atoms with Crippen molar-refractivity contribution in [1.29, 1.82) is 0 Å². The van der Waals surface area contributed by atoms with Crippen LogP contribution in [0.5, 0.6) is 0 Å². The number of amides is 2. The molecule has 0 saturated heterocycles. The number of nitrogens with one attached hydrogen (secondary N) is 1. The van der Waals surface area contributed by atoms with E-state index in [0.29, 0.717) is 45.9 Å². The molecule has 2 N–H and O–H groups in total. The molecule has 0 saturated carbocycles. The second-order valence-electron chi connectivity index (χ2n) is 8.55. The molecule has 1 aliphatic carbocycles. The van der Waals surface area contributed by atoms with Crippen LogP contribution in [0.2, 0.25) is 0 Å². The summed E-state index contributed by atoms with van der Waals surface area (Å²) in [4.78, 5) is 35.8. The Balaban J connectivity index is 1.24.